The summed E-state index contributed by atoms with van der Waals surface area (Å²) < 4.78 is 6.12. The fraction of sp³-hybridized carbons (Fsp3) is 0.833. The van der Waals surface area contributed by atoms with Gasteiger partial charge < -0.3 is 4.43 Å². The first kappa shape index (κ1) is 13.8. The van der Waals surface area contributed by atoms with E-state index in [4.69, 9.17) is 4.43 Å². The molecule has 0 aromatic heterocycles. The van der Waals surface area contributed by atoms with Crippen molar-refractivity contribution in [2.75, 3.05) is 0 Å². The van der Waals surface area contributed by atoms with Crippen LogP contribution in [0.3, 0.4) is 0 Å². The van der Waals surface area contributed by atoms with Gasteiger partial charge in [-0.2, -0.15) is 0 Å². The molecule has 1 nitrogen and oxygen atoms in total. The van der Waals surface area contributed by atoms with Crippen LogP contribution in [-0.2, 0) is 4.43 Å². The number of rotatable bonds is 6. The van der Waals surface area contributed by atoms with Crippen LogP contribution in [0.4, 0.5) is 0 Å². The zero-order chi connectivity index (χ0) is 11.2. The maximum atomic E-state index is 6.12. The van der Waals surface area contributed by atoms with Crippen molar-refractivity contribution in [2.45, 2.75) is 59.7 Å². The van der Waals surface area contributed by atoms with Gasteiger partial charge >= 0.3 is 0 Å². The van der Waals surface area contributed by atoms with Crippen LogP contribution in [0.1, 0.15) is 40.0 Å². The molecule has 0 saturated heterocycles. The monoisotopic (exact) mass is 214 g/mol. The SMILES string of the molecule is CC/C=C(/O[Si](C)(C)C)C(CC)CC. The Morgan fingerprint density at radius 3 is 1.93 bits per heavy atom. The van der Waals surface area contributed by atoms with Crippen molar-refractivity contribution in [1.29, 1.82) is 0 Å². The third-order valence-electron chi connectivity index (χ3n) is 2.22. The molecule has 0 aromatic carbocycles. The Labute approximate surface area is 90.7 Å². The molecule has 0 aliphatic rings. The van der Waals surface area contributed by atoms with Crippen LogP contribution in [0, 0.1) is 5.92 Å². The maximum Gasteiger partial charge on any atom is 0.241 e. The minimum atomic E-state index is -1.42. The zero-order valence-corrected chi connectivity index (χ0v) is 11.7. The van der Waals surface area contributed by atoms with Crippen molar-refractivity contribution < 1.29 is 4.43 Å². The van der Waals surface area contributed by atoms with Gasteiger partial charge in [0.15, 0.2) is 0 Å². The molecule has 0 atom stereocenters. The molecule has 0 radical (unpaired) electrons. The van der Waals surface area contributed by atoms with E-state index in [2.05, 4.69) is 46.5 Å². The van der Waals surface area contributed by atoms with Crippen molar-refractivity contribution in [2.24, 2.45) is 5.92 Å². The molecule has 2 heteroatoms. The molecule has 0 fully saturated rings. The van der Waals surface area contributed by atoms with Crippen LogP contribution in [0.25, 0.3) is 0 Å². The minimum Gasteiger partial charge on any atom is -0.547 e. The van der Waals surface area contributed by atoms with Gasteiger partial charge in [0.2, 0.25) is 8.32 Å². The standard InChI is InChI=1S/C12H26OSi/c1-7-10-12(11(8-2)9-3)13-14(4,5)6/h10-11H,7-9H2,1-6H3/b12-10+. The van der Waals surface area contributed by atoms with Crippen molar-refractivity contribution in [3.63, 3.8) is 0 Å². The third kappa shape index (κ3) is 5.48. The molecule has 0 aliphatic heterocycles. The zero-order valence-electron chi connectivity index (χ0n) is 10.7. The summed E-state index contributed by atoms with van der Waals surface area (Å²) in [5, 5.41) is 0. The Morgan fingerprint density at radius 1 is 1.14 bits per heavy atom. The van der Waals surface area contributed by atoms with Crippen molar-refractivity contribution in [1.82, 2.24) is 0 Å². The van der Waals surface area contributed by atoms with E-state index < -0.39 is 8.32 Å². The third-order valence-corrected chi connectivity index (χ3v) is 3.07. The molecule has 0 heterocycles. The van der Waals surface area contributed by atoms with E-state index in [1.165, 1.54) is 18.6 Å². The van der Waals surface area contributed by atoms with E-state index in [-0.39, 0.29) is 0 Å². The summed E-state index contributed by atoms with van der Waals surface area (Å²) in [4.78, 5) is 0. The summed E-state index contributed by atoms with van der Waals surface area (Å²) in [5.41, 5.74) is 0. The first-order valence-corrected chi connectivity index (χ1v) is 9.24. The summed E-state index contributed by atoms with van der Waals surface area (Å²) in [5.74, 6) is 1.87. The molecule has 0 spiro atoms. The number of hydrogen-bond acceptors (Lipinski definition) is 1. The lowest BCUT2D eigenvalue weighted by Crippen LogP contribution is -2.27. The van der Waals surface area contributed by atoms with Crippen LogP contribution in [0.5, 0.6) is 0 Å². The fourth-order valence-electron chi connectivity index (χ4n) is 1.54. The first-order valence-electron chi connectivity index (χ1n) is 5.83. The van der Waals surface area contributed by atoms with Gasteiger partial charge in [-0.1, -0.05) is 20.8 Å². The average Bonchev–Trinajstić information content (AvgIpc) is 2.04. The summed E-state index contributed by atoms with van der Waals surface area (Å²) in [6.45, 7) is 13.4. The topological polar surface area (TPSA) is 9.23 Å². The minimum absolute atomic E-state index is 0.627. The number of allylic oxidation sites excluding steroid dienone is 2. The Hall–Kier alpha value is -0.243. The highest BCUT2D eigenvalue weighted by molar-refractivity contribution is 6.70. The molecule has 0 aromatic rings. The smallest absolute Gasteiger partial charge is 0.241 e. The Bertz CT molecular complexity index is 175. The second-order valence-electron chi connectivity index (χ2n) is 4.74. The fourth-order valence-corrected chi connectivity index (χ4v) is 2.49. The quantitative estimate of drug-likeness (QED) is 0.465. The van der Waals surface area contributed by atoms with Gasteiger partial charge in [-0.25, -0.2) is 0 Å². The first-order chi connectivity index (χ1) is 6.44. The van der Waals surface area contributed by atoms with Crippen LogP contribution in [0.2, 0.25) is 19.6 Å². The van der Waals surface area contributed by atoms with Crippen molar-refractivity contribution >= 4 is 8.32 Å². The normalized spacial score (nSPS) is 13.5. The highest BCUT2D eigenvalue weighted by atomic mass is 28.4. The van der Waals surface area contributed by atoms with Crippen molar-refractivity contribution in [3.8, 4) is 0 Å². The van der Waals surface area contributed by atoms with E-state index in [0.717, 1.165) is 6.42 Å². The van der Waals surface area contributed by atoms with Gasteiger partial charge in [0.1, 0.15) is 0 Å². The highest BCUT2D eigenvalue weighted by Crippen LogP contribution is 2.24. The molecule has 0 saturated carbocycles. The molecule has 0 unspecified atom stereocenters. The maximum absolute atomic E-state index is 6.12. The molecule has 0 N–H and O–H groups in total. The van der Waals surface area contributed by atoms with Crippen molar-refractivity contribution in [3.05, 3.63) is 11.8 Å². The van der Waals surface area contributed by atoms with E-state index in [1.807, 2.05) is 0 Å². The van der Waals surface area contributed by atoms with E-state index >= 15 is 0 Å². The van der Waals surface area contributed by atoms with E-state index in [0.29, 0.717) is 5.92 Å². The average molecular weight is 214 g/mol. The lowest BCUT2D eigenvalue weighted by Gasteiger charge is -2.26. The van der Waals surface area contributed by atoms with Gasteiger partial charge in [0.05, 0.1) is 5.76 Å². The summed E-state index contributed by atoms with van der Waals surface area (Å²) >= 11 is 0. The predicted octanol–water partition coefficient (Wildman–Crippen LogP) is 4.57. The molecule has 14 heavy (non-hydrogen) atoms. The summed E-state index contributed by atoms with van der Waals surface area (Å²) in [7, 11) is -1.42. The molecular weight excluding hydrogens is 188 g/mol. The highest BCUT2D eigenvalue weighted by Gasteiger charge is 2.21. The lowest BCUT2D eigenvalue weighted by atomic mass is 10.0. The molecule has 0 rings (SSSR count). The van der Waals surface area contributed by atoms with Crippen LogP contribution < -0.4 is 0 Å². The van der Waals surface area contributed by atoms with Gasteiger partial charge in [-0.05, 0) is 45.0 Å². The second kappa shape index (κ2) is 6.28. The molecule has 0 aliphatic carbocycles. The molecule has 84 valence electrons. The lowest BCUT2D eigenvalue weighted by molar-refractivity contribution is 0.328. The van der Waals surface area contributed by atoms with Crippen LogP contribution in [-0.4, -0.2) is 8.32 Å². The van der Waals surface area contributed by atoms with Gasteiger partial charge in [0.25, 0.3) is 0 Å². The number of hydrogen-bond donors (Lipinski definition) is 0. The largest absolute Gasteiger partial charge is 0.547 e. The molecular formula is C12H26OSi. The summed E-state index contributed by atoms with van der Waals surface area (Å²) in [6.07, 6.45) is 5.71. The Balaban J connectivity index is 4.51. The van der Waals surface area contributed by atoms with Crippen LogP contribution >= 0.6 is 0 Å². The second-order valence-corrected chi connectivity index (χ2v) is 9.17. The van der Waals surface area contributed by atoms with Crippen LogP contribution in [0.15, 0.2) is 11.8 Å². The van der Waals surface area contributed by atoms with Gasteiger partial charge in [0, 0.05) is 5.92 Å². The van der Waals surface area contributed by atoms with Gasteiger partial charge in [-0.15, -0.1) is 0 Å². The van der Waals surface area contributed by atoms with Gasteiger partial charge in [-0.3, -0.25) is 0 Å². The Morgan fingerprint density at radius 2 is 1.64 bits per heavy atom. The molecule has 0 amide bonds. The summed E-state index contributed by atoms with van der Waals surface area (Å²) in [6, 6.07) is 0. The predicted molar refractivity (Wildman–Crippen MR) is 66.9 cm³/mol. The van der Waals surface area contributed by atoms with E-state index in [9.17, 15) is 0 Å². The molecule has 0 bridgehead atoms. The van der Waals surface area contributed by atoms with E-state index in [1.54, 1.807) is 0 Å². The Kier molecular flexibility index (Phi) is 6.17.